The second kappa shape index (κ2) is 12.2. The number of nitrogens with zero attached hydrogens (tertiary/aromatic N) is 4. The molecule has 1 unspecified atom stereocenters. The van der Waals surface area contributed by atoms with E-state index in [1.165, 1.54) is 11.3 Å². The van der Waals surface area contributed by atoms with Crippen molar-refractivity contribution >= 4 is 55.0 Å². The van der Waals surface area contributed by atoms with Gasteiger partial charge in [0.25, 0.3) is 5.91 Å². The maximum Gasteiger partial charge on any atom is 0.260 e. The molecule has 37 heavy (non-hydrogen) atoms. The summed E-state index contributed by atoms with van der Waals surface area (Å²) in [5, 5.41) is 0.654. The summed E-state index contributed by atoms with van der Waals surface area (Å²) in [6, 6.07) is 10.6. The van der Waals surface area contributed by atoms with E-state index < -0.39 is 10.0 Å². The van der Waals surface area contributed by atoms with Gasteiger partial charge in [0.1, 0.15) is 0 Å². The molecule has 2 heterocycles. The van der Waals surface area contributed by atoms with Crippen molar-refractivity contribution in [3.8, 4) is 0 Å². The number of thiazole rings is 1. The number of hydrogen-bond donors (Lipinski definition) is 0. The number of hydrogen-bond acceptors (Lipinski definition) is 6. The van der Waals surface area contributed by atoms with Gasteiger partial charge in [0, 0.05) is 31.2 Å². The predicted molar refractivity (Wildman–Crippen MR) is 155 cm³/mol. The van der Waals surface area contributed by atoms with Crippen LogP contribution < -0.4 is 4.90 Å². The summed E-state index contributed by atoms with van der Waals surface area (Å²) in [6.07, 6.45) is 3.64. The van der Waals surface area contributed by atoms with Gasteiger partial charge in [-0.3, -0.25) is 9.69 Å². The summed E-state index contributed by atoms with van der Waals surface area (Å²) in [7, 11) is 0.347. The van der Waals surface area contributed by atoms with Crippen LogP contribution in [0.3, 0.4) is 0 Å². The molecule has 3 aromatic rings. The van der Waals surface area contributed by atoms with E-state index in [2.05, 4.69) is 13.0 Å². The normalized spacial score (nSPS) is 16.6. The summed E-state index contributed by atoms with van der Waals surface area (Å²) in [5.74, 6) is -0.182. The summed E-state index contributed by atoms with van der Waals surface area (Å²) in [4.78, 5) is 22.4. The molecule has 0 bridgehead atoms. The topological polar surface area (TPSA) is 73.8 Å². The first-order valence-electron chi connectivity index (χ1n) is 12.6. The lowest BCUT2D eigenvalue weighted by atomic mass is 10.0. The van der Waals surface area contributed by atoms with Crippen molar-refractivity contribution in [2.75, 3.05) is 38.6 Å². The molecule has 1 aromatic heterocycles. The molecule has 0 radical (unpaired) electrons. The fourth-order valence-electron chi connectivity index (χ4n) is 4.82. The molecule has 1 amide bonds. The van der Waals surface area contributed by atoms with E-state index in [9.17, 15) is 13.2 Å². The zero-order valence-electron chi connectivity index (χ0n) is 22.2. The van der Waals surface area contributed by atoms with Gasteiger partial charge in [0.15, 0.2) is 5.13 Å². The highest BCUT2D eigenvalue weighted by atomic mass is 35.5. The highest BCUT2D eigenvalue weighted by Gasteiger charge is 2.32. The lowest BCUT2D eigenvalue weighted by Crippen LogP contribution is -2.43. The first kappa shape index (κ1) is 29.5. The fourth-order valence-corrected chi connectivity index (χ4v) is 7.63. The van der Waals surface area contributed by atoms with Gasteiger partial charge in [-0.2, -0.15) is 4.31 Å². The first-order chi connectivity index (χ1) is 17.1. The van der Waals surface area contributed by atoms with Gasteiger partial charge >= 0.3 is 0 Å². The number of fused-ring (bicyclic) bond motifs is 1. The molecular weight excluding hydrogens is 528 g/mol. The Morgan fingerprint density at radius 3 is 2.46 bits per heavy atom. The largest absolute Gasteiger partial charge is 0.308 e. The van der Waals surface area contributed by atoms with E-state index in [-0.39, 0.29) is 29.3 Å². The maximum atomic E-state index is 13.7. The predicted octanol–water partition coefficient (Wildman–Crippen LogP) is 5.50. The zero-order chi connectivity index (χ0) is 26.0. The molecule has 2 aromatic carbocycles. The number of sulfonamides is 1. The van der Waals surface area contributed by atoms with E-state index in [0.29, 0.717) is 30.3 Å². The quantitative estimate of drug-likeness (QED) is 0.361. The van der Waals surface area contributed by atoms with Crippen LogP contribution in [-0.4, -0.2) is 68.3 Å². The second-order valence-electron chi connectivity index (χ2n) is 9.88. The molecule has 1 fully saturated rings. The van der Waals surface area contributed by atoms with Crippen LogP contribution in [0.4, 0.5) is 5.13 Å². The molecule has 202 valence electrons. The second-order valence-corrected chi connectivity index (χ2v) is 12.8. The van der Waals surface area contributed by atoms with E-state index in [4.69, 9.17) is 4.98 Å². The molecule has 0 N–H and O–H groups in total. The van der Waals surface area contributed by atoms with Gasteiger partial charge in [0.05, 0.1) is 15.1 Å². The number of aromatic nitrogens is 1. The minimum absolute atomic E-state index is 0. The van der Waals surface area contributed by atoms with Crippen LogP contribution in [0.2, 0.25) is 0 Å². The van der Waals surface area contributed by atoms with E-state index in [1.54, 1.807) is 33.5 Å². The number of rotatable bonds is 8. The Labute approximate surface area is 230 Å². The number of anilines is 1. The maximum absolute atomic E-state index is 13.7. The van der Waals surface area contributed by atoms with E-state index >= 15 is 0 Å². The molecule has 4 rings (SSSR count). The number of piperidine rings is 1. The van der Waals surface area contributed by atoms with Gasteiger partial charge < -0.3 is 4.90 Å². The lowest BCUT2D eigenvalue weighted by Gasteiger charge is -2.34. The van der Waals surface area contributed by atoms with Gasteiger partial charge in [-0.05, 0) is 88.7 Å². The Balaban J connectivity index is 0.00000380. The van der Waals surface area contributed by atoms with Crippen molar-refractivity contribution < 1.29 is 13.2 Å². The number of carbonyl (C=O) groups excluding carboxylic acids is 1. The smallest absolute Gasteiger partial charge is 0.260 e. The van der Waals surface area contributed by atoms with Crippen LogP contribution in [0.25, 0.3) is 10.2 Å². The average molecular weight is 565 g/mol. The Kier molecular flexibility index (Phi) is 9.74. The monoisotopic (exact) mass is 564 g/mol. The van der Waals surface area contributed by atoms with Gasteiger partial charge in [-0.15, -0.1) is 12.4 Å². The van der Waals surface area contributed by atoms with Crippen LogP contribution in [0.1, 0.15) is 54.1 Å². The molecule has 0 aliphatic carbocycles. The first-order valence-corrected chi connectivity index (χ1v) is 14.8. The number of halogens is 1. The Hall–Kier alpha value is -2.04. The van der Waals surface area contributed by atoms with Crippen LogP contribution in [0.15, 0.2) is 41.3 Å². The highest BCUT2D eigenvalue weighted by molar-refractivity contribution is 7.89. The molecule has 1 aliphatic rings. The Bertz CT molecular complexity index is 1340. The summed E-state index contributed by atoms with van der Waals surface area (Å²) < 4.78 is 29.4. The van der Waals surface area contributed by atoms with Gasteiger partial charge in [-0.1, -0.05) is 30.7 Å². The minimum Gasteiger partial charge on any atom is -0.308 e. The number of likely N-dealkylation sites (N-methyl/N-ethyl adjacent to an activating group) is 1. The van der Waals surface area contributed by atoms with Crippen molar-refractivity contribution in [2.24, 2.45) is 0 Å². The summed E-state index contributed by atoms with van der Waals surface area (Å²) >= 11 is 1.52. The molecule has 1 aliphatic heterocycles. The lowest BCUT2D eigenvalue weighted by molar-refractivity contribution is 0.0985. The van der Waals surface area contributed by atoms with E-state index in [1.807, 2.05) is 38.9 Å². The van der Waals surface area contributed by atoms with Crippen LogP contribution in [-0.2, 0) is 10.0 Å². The highest BCUT2D eigenvalue weighted by Crippen LogP contribution is 2.33. The van der Waals surface area contributed by atoms with Crippen LogP contribution in [0, 0.1) is 13.8 Å². The number of benzene rings is 2. The number of amides is 1. The zero-order valence-corrected chi connectivity index (χ0v) is 24.7. The third-order valence-corrected chi connectivity index (χ3v) is 10.0. The van der Waals surface area contributed by atoms with Gasteiger partial charge in [-0.25, -0.2) is 13.4 Å². The molecule has 1 atom stereocenters. The molecule has 0 spiro atoms. The average Bonchev–Trinajstić information content (AvgIpc) is 3.28. The van der Waals surface area contributed by atoms with Gasteiger partial charge in [0.2, 0.25) is 10.0 Å². The Morgan fingerprint density at radius 1 is 1.11 bits per heavy atom. The standard InChI is InChI=1S/C27H36N4O3S2.ClH/c1-6-22-9-7-8-14-31(22)36(33,34)23-12-10-21(11-13-23)26(32)30(16-15-29(4)5)27-28-24-18-19(2)17-20(3)25(24)35-27;/h10-13,17-18,22H,6-9,14-16H2,1-5H3;1H. The molecular formula is C27H37ClN4O3S2. The third-order valence-electron chi connectivity index (χ3n) is 6.81. The van der Waals surface area contributed by atoms with Crippen LogP contribution in [0.5, 0.6) is 0 Å². The van der Waals surface area contributed by atoms with Crippen molar-refractivity contribution in [2.45, 2.75) is 57.4 Å². The number of aryl methyl sites for hydroxylation is 2. The molecule has 0 saturated carbocycles. The summed E-state index contributed by atoms with van der Waals surface area (Å²) in [5.41, 5.74) is 3.62. The van der Waals surface area contributed by atoms with Crippen molar-refractivity contribution in [1.29, 1.82) is 0 Å². The number of carbonyl (C=O) groups is 1. The van der Waals surface area contributed by atoms with E-state index in [0.717, 1.165) is 47.0 Å². The molecule has 10 heteroatoms. The van der Waals surface area contributed by atoms with Crippen molar-refractivity contribution in [3.63, 3.8) is 0 Å². The van der Waals surface area contributed by atoms with Crippen molar-refractivity contribution in [3.05, 3.63) is 53.1 Å². The van der Waals surface area contributed by atoms with Crippen LogP contribution >= 0.6 is 23.7 Å². The molecule has 7 nitrogen and oxygen atoms in total. The SMILES string of the molecule is CCC1CCCCN1S(=O)(=O)c1ccc(C(=O)N(CCN(C)C)c2nc3cc(C)cc(C)c3s2)cc1.Cl. The van der Waals surface area contributed by atoms with Crippen molar-refractivity contribution in [1.82, 2.24) is 14.2 Å². The minimum atomic E-state index is -3.59. The summed E-state index contributed by atoms with van der Waals surface area (Å²) in [6.45, 7) is 7.86. The third kappa shape index (κ3) is 6.34. The Morgan fingerprint density at radius 2 is 1.81 bits per heavy atom. The molecule has 1 saturated heterocycles. The fraction of sp³-hybridized carbons (Fsp3) is 0.481.